The van der Waals surface area contributed by atoms with Crippen LogP contribution in [0.25, 0.3) is 0 Å². The first-order valence-corrected chi connectivity index (χ1v) is 5.61. The van der Waals surface area contributed by atoms with E-state index in [9.17, 15) is 19.2 Å². The SMILES string of the molecule is CC(=O)O.O=C(O)CCCC(=O)O.O=C1CCC(=O)N1. The Hall–Kier alpha value is -2.45. The second-order valence-corrected chi connectivity index (χ2v) is 3.63. The van der Waals surface area contributed by atoms with Crippen LogP contribution in [0, 0.1) is 0 Å². The van der Waals surface area contributed by atoms with E-state index < -0.39 is 17.9 Å². The second-order valence-electron chi connectivity index (χ2n) is 3.63. The van der Waals surface area contributed by atoms with E-state index in [2.05, 4.69) is 5.32 Å². The Bertz CT molecular complexity index is 345. The fourth-order valence-corrected chi connectivity index (χ4v) is 0.898. The predicted octanol–water partition coefficient (Wildman–Crippen LogP) is -0.160. The maximum Gasteiger partial charge on any atom is 0.303 e. The zero-order chi connectivity index (χ0) is 16.1. The highest BCUT2D eigenvalue weighted by atomic mass is 16.4. The van der Waals surface area contributed by atoms with Crippen molar-refractivity contribution in [2.75, 3.05) is 0 Å². The summed E-state index contributed by atoms with van der Waals surface area (Å²) in [5, 5.41) is 25.6. The van der Waals surface area contributed by atoms with Crippen LogP contribution in [0.4, 0.5) is 0 Å². The average molecular weight is 291 g/mol. The van der Waals surface area contributed by atoms with E-state index in [4.69, 9.17) is 20.1 Å². The van der Waals surface area contributed by atoms with Crippen molar-refractivity contribution in [1.29, 1.82) is 0 Å². The van der Waals surface area contributed by atoms with Gasteiger partial charge in [0.15, 0.2) is 0 Å². The minimum Gasteiger partial charge on any atom is -0.481 e. The number of imide groups is 1. The van der Waals surface area contributed by atoms with Crippen molar-refractivity contribution in [2.24, 2.45) is 0 Å². The van der Waals surface area contributed by atoms with Crippen molar-refractivity contribution in [2.45, 2.75) is 39.0 Å². The number of carboxylic acids is 3. The van der Waals surface area contributed by atoms with E-state index in [0.717, 1.165) is 6.92 Å². The lowest BCUT2D eigenvalue weighted by Gasteiger charge is -1.89. The Labute approximate surface area is 114 Å². The van der Waals surface area contributed by atoms with Crippen LogP contribution < -0.4 is 5.32 Å². The van der Waals surface area contributed by atoms with Gasteiger partial charge in [0.05, 0.1) is 0 Å². The molecule has 0 aromatic heterocycles. The second kappa shape index (κ2) is 11.6. The molecular formula is C11H17NO8. The molecule has 1 rings (SSSR count). The normalized spacial score (nSPS) is 12.2. The van der Waals surface area contributed by atoms with Crippen LogP contribution >= 0.6 is 0 Å². The van der Waals surface area contributed by atoms with Crippen molar-refractivity contribution in [3.63, 3.8) is 0 Å². The predicted molar refractivity (Wildman–Crippen MR) is 64.8 cm³/mol. The number of carbonyl (C=O) groups excluding carboxylic acids is 2. The van der Waals surface area contributed by atoms with Gasteiger partial charge in [0, 0.05) is 32.6 Å². The largest absolute Gasteiger partial charge is 0.481 e. The van der Waals surface area contributed by atoms with Gasteiger partial charge in [-0.1, -0.05) is 0 Å². The van der Waals surface area contributed by atoms with Gasteiger partial charge in [-0.15, -0.1) is 0 Å². The summed E-state index contributed by atoms with van der Waals surface area (Å²) in [6.45, 7) is 1.08. The molecule has 1 heterocycles. The quantitative estimate of drug-likeness (QED) is 0.520. The molecule has 0 aliphatic carbocycles. The van der Waals surface area contributed by atoms with Gasteiger partial charge < -0.3 is 15.3 Å². The van der Waals surface area contributed by atoms with Gasteiger partial charge >= 0.3 is 11.9 Å². The Morgan fingerprint density at radius 3 is 1.40 bits per heavy atom. The smallest absolute Gasteiger partial charge is 0.303 e. The first kappa shape index (κ1) is 19.9. The van der Waals surface area contributed by atoms with Gasteiger partial charge in [-0.25, -0.2) is 0 Å². The van der Waals surface area contributed by atoms with E-state index in [1.54, 1.807) is 0 Å². The van der Waals surface area contributed by atoms with E-state index in [-0.39, 0.29) is 31.1 Å². The highest BCUT2D eigenvalue weighted by molar-refractivity contribution is 6.01. The van der Waals surface area contributed by atoms with Crippen LogP contribution in [-0.4, -0.2) is 45.0 Å². The zero-order valence-corrected chi connectivity index (χ0v) is 10.9. The minimum absolute atomic E-state index is 0.0632. The van der Waals surface area contributed by atoms with Gasteiger partial charge in [-0.05, 0) is 6.42 Å². The lowest BCUT2D eigenvalue weighted by Crippen LogP contribution is -2.18. The average Bonchev–Trinajstić information content (AvgIpc) is 2.61. The third-order valence-electron chi connectivity index (χ3n) is 1.64. The molecule has 1 saturated heterocycles. The van der Waals surface area contributed by atoms with Crippen molar-refractivity contribution in [3.8, 4) is 0 Å². The number of hydrogen-bond acceptors (Lipinski definition) is 5. The molecule has 0 saturated carbocycles. The number of carbonyl (C=O) groups is 5. The van der Waals surface area contributed by atoms with Crippen LogP contribution in [0.3, 0.4) is 0 Å². The number of aliphatic carboxylic acids is 3. The first-order valence-electron chi connectivity index (χ1n) is 5.61. The first-order chi connectivity index (χ1) is 9.15. The summed E-state index contributed by atoms with van der Waals surface area (Å²) in [6, 6.07) is 0. The molecule has 4 N–H and O–H groups in total. The molecule has 0 bridgehead atoms. The summed E-state index contributed by atoms with van der Waals surface area (Å²) in [5.74, 6) is -3.03. The molecule has 0 spiro atoms. The molecule has 9 heteroatoms. The standard InChI is InChI=1S/C5H8O4.C4H5NO2.C2H4O2/c6-4(7)2-1-3-5(8)9;6-3-1-2-4(7)5-3;1-2(3)4/h1-3H2,(H,6,7)(H,8,9);1-2H2,(H,5,6,7);1H3,(H,3,4). The molecule has 114 valence electrons. The topological polar surface area (TPSA) is 158 Å². The van der Waals surface area contributed by atoms with E-state index in [1.165, 1.54) is 0 Å². The summed E-state index contributed by atoms with van der Waals surface area (Å²) in [6.07, 6.45) is 0.834. The Morgan fingerprint density at radius 1 is 0.950 bits per heavy atom. The monoisotopic (exact) mass is 291 g/mol. The maximum atomic E-state index is 10.1. The van der Waals surface area contributed by atoms with Crippen molar-refractivity contribution < 1.29 is 39.3 Å². The summed E-state index contributed by atoms with van der Waals surface area (Å²) >= 11 is 0. The van der Waals surface area contributed by atoms with E-state index in [1.807, 2.05) is 0 Å². The maximum absolute atomic E-state index is 10.1. The molecular weight excluding hydrogens is 274 g/mol. The molecule has 0 unspecified atom stereocenters. The third-order valence-corrected chi connectivity index (χ3v) is 1.64. The van der Waals surface area contributed by atoms with Gasteiger partial charge in [-0.3, -0.25) is 29.3 Å². The lowest BCUT2D eigenvalue weighted by molar-refractivity contribution is -0.139. The summed E-state index contributed by atoms with van der Waals surface area (Å²) in [7, 11) is 0. The highest BCUT2D eigenvalue weighted by Crippen LogP contribution is 1.96. The molecule has 0 atom stereocenters. The number of amides is 2. The van der Waals surface area contributed by atoms with Crippen molar-refractivity contribution in [3.05, 3.63) is 0 Å². The van der Waals surface area contributed by atoms with Crippen LogP contribution in [0.1, 0.15) is 39.0 Å². The van der Waals surface area contributed by atoms with Crippen LogP contribution in [0.5, 0.6) is 0 Å². The van der Waals surface area contributed by atoms with Crippen LogP contribution in [0.15, 0.2) is 0 Å². The molecule has 9 nitrogen and oxygen atoms in total. The number of nitrogens with one attached hydrogen (secondary N) is 1. The summed E-state index contributed by atoms with van der Waals surface area (Å²) in [5.41, 5.74) is 0. The van der Waals surface area contributed by atoms with E-state index >= 15 is 0 Å². The fourth-order valence-electron chi connectivity index (χ4n) is 0.898. The van der Waals surface area contributed by atoms with Crippen molar-refractivity contribution in [1.82, 2.24) is 5.32 Å². The fraction of sp³-hybridized carbons (Fsp3) is 0.545. The van der Waals surface area contributed by atoms with Crippen LogP contribution in [-0.2, 0) is 24.0 Å². The minimum atomic E-state index is -0.948. The van der Waals surface area contributed by atoms with Gasteiger partial charge in [0.25, 0.3) is 5.97 Å². The third kappa shape index (κ3) is 20.9. The van der Waals surface area contributed by atoms with Crippen molar-refractivity contribution >= 4 is 29.7 Å². The number of carboxylic acid groups (broad SMARTS) is 3. The van der Waals surface area contributed by atoms with Gasteiger partial charge in [-0.2, -0.15) is 0 Å². The zero-order valence-electron chi connectivity index (χ0n) is 10.9. The molecule has 2 amide bonds. The summed E-state index contributed by atoms with van der Waals surface area (Å²) < 4.78 is 0. The highest BCUT2D eigenvalue weighted by Gasteiger charge is 2.15. The molecule has 20 heavy (non-hydrogen) atoms. The molecule has 1 fully saturated rings. The molecule has 1 aliphatic rings. The lowest BCUT2D eigenvalue weighted by atomic mass is 10.2. The number of rotatable bonds is 4. The van der Waals surface area contributed by atoms with Crippen LogP contribution in [0.2, 0.25) is 0 Å². The number of hydrogen-bond donors (Lipinski definition) is 4. The molecule has 1 aliphatic heterocycles. The Balaban J connectivity index is 0. The Morgan fingerprint density at radius 2 is 1.25 bits per heavy atom. The van der Waals surface area contributed by atoms with Gasteiger partial charge in [0.2, 0.25) is 11.8 Å². The Kier molecular flexibility index (Phi) is 11.6. The van der Waals surface area contributed by atoms with E-state index in [0.29, 0.717) is 12.8 Å². The molecule has 0 aromatic carbocycles. The molecule has 0 aromatic rings. The summed E-state index contributed by atoms with van der Waals surface area (Å²) in [4.78, 5) is 48.8. The van der Waals surface area contributed by atoms with Gasteiger partial charge in [0.1, 0.15) is 0 Å². The molecule has 0 radical (unpaired) electrons.